The molecular weight excluding hydrogens is 1440 g/mol. The van der Waals surface area contributed by atoms with Crippen LogP contribution in [0, 0.1) is 0 Å². The van der Waals surface area contributed by atoms with Crippen LogP contribution in [0.15, 0.2) is 425 Å². The van der Waals surface area contributed by atoms with Gasteiger partial charge < -0.3 is 9.80 Å². The fourth-order valence-corrected chi connectivity index (χ4v) is 19.4. The molecule has 0 aliphatic carbocycles. The Balaban J connectivity index is 0.880. The lowest BCUT2D eigenvalue weighted by molar-refractivity contribution is 1.07. The van der Waals surface area contributed by atoms with Crippen molar-refractivity contribution < 1.29 is 0 Å². The molecule has 0 unspecified atom stereocenters. The summed E-state index contributed by atoms with van der Waals surface area (Å²) in [5.74, 6) is 1.60. The van der Waals surface area contributed by atoms with Crippen LogP contribution in [-0.2, 0) is 0 Å². The molecule has 2 aliphatic rings. The topological polar surface area (TPSA) is 45.2 Å². The summed E-state index contributed by atoms with van der Waals surface area (Å²) in [5.41, 5.74) is 29.8. The lowest BCUT2D eigenvalue weighted by Gasteiger charge is -2.45. The molecule has 0 saturated carbocycles. The van der Waals surface area contributed by atoms with Crippen LogP contribution in [0.1, 0.15) is 0 Å². The van der Waals surface area contributed by atoms with Gasteiger partial charge in [-0.3, -0.25) is 0 Å². The molecule has 0 saturated heterocycles. The van der Waals surface area contributed by atoms with Gasteiger partial charge in [-0.1, -0.05) is 340 Å². The van der Waals surface area contributed by atoms with Gasteiger partial charge in [-0.15, -0.1) is 0 Å². The van der Waals surface area contributed by atoms with Crippen LogP contribution in [0.2, 0.25) is 0 Å². The van der Waals surface area contributed by atoms with Gasteiger partial charge in [0.05, 0.1) is 0 Å². The number of fused-ring (bicyclic) bond motifs is 6. The highest BCUT2D eigenvalue weighted by atomic mass is 15.2. The molecule has 0 fully saturated rings. The van der Waals surface area contributed by atoms with E-state index >= 15 is 0 Å². The van der Waals surface area contributed by atoms with Gasteiger partial charge in [0.1, 0.15) is 0 Å². The van der Waals surface area contributed by atoms with Gasteiger partial charge in [0.25, 0.3) is 6.71 Å². The Kier molecular flexibility index (Phi) is 15.7. The van der Waals surface area contributed by atoms with Gasteiger partial charge in [-0.2, -0.15) is 0 Å². The minimum atomic E-state index is -0.342. The monoisotopic (exact) mass is 1510 g/mol. The summed E-state index contributed by atoms with van der Waals surface area (Å²) >= 11 is 0. The zero-order chi connectivity index (χ0) is 78.2. The van der Waals surface area contributed by atoms with Crippen molar-refractivity contribution in [1.29, 1.82) is 0 Å². The number of rotatable bonds is 13. The van der Waals surface area contributed by atoms with E-state index in [0.29, 0.717) is 17.5 Å². The third kappa shape index (κ3) is 11.4. The minimum Gasteiger partial charge on any atom is -0.311 e. The van der Waals surface area contributed by atoms with Crippen molar-refractivity contribution in [2.75, 3.05) is 9.80 Å². The molecule has 6 heteroatoms. The second kappa shape index (κ2) is 27.6. The first-order valence-corrected chi connectivity index (χ1v) is 41.0. The van der Waals surface area contributed by atoms with Crippen molar-refractivity contribution >= 4 is 122 Å². The fraction of sp³-hybridized carbons (Fsp3) is 0. The van der Waals surface area contributed by atoms with Crippen LogP contribution in [0.3, 0.4) is 0 Å². The molecule has 0 bridgehead atoms. The molecule has 2 aliphatic heterocycles. The van der Waals surface area contributed by atoms with Crippen LogP contribution >= 0.6 is 0 Å². The quantitative estimate of drug-likeness (QED) is 0.0850. The summed E-state index contributed by atoms with van der Waals surface area (Å²) in [6, 6.07) is 157. The molecule has 1 aromatic heterocycles. The first-order chi connectivity index (χ1) is 58.9. The van der Waals surface area contributed by atoms with Gasteiger partial charge in [0.15, 0.2) is 17.5 Å². The Hall–Kier alpha value is -15.6. The zero-order valence-electron chi connectivity index (χ0n) is 64.7. The van der Waals surface area contributed by atoms with Crippen molar-refractivity contribution in [1.82, 2.24) is 15.0 Å². The molecule has 21 aromatic carbocycles. The molecule has 0 N–H and O–H groups in total. The lowest BCUT2D eigenvalue weighted by atomic mass is 9.33. The Morgan fingerprint density at radius 2 is 0.412 bits per heavy atom. The first-order valence-electron chi connectivity index (χ1n) is 41.0. The van der Waals surface area contributed by atoms with E-state index in [4.69, 9.17) is 15.0 Å². The highest BCUT2D eigenvalue weighted by Gasteiger charge is 2.46. The first kappa shape index (κ1) is 67.8. The molecule has 0 spiro atoms. The van der Waals surface area contributed by atoms with Gasteiger partial charge in [0, 0.05) is 61.6 Å². The van der Waals surface area contributed by atoms with Gasteiger partial charge in [0.2, 0.25) is 0 Å². The number of hydrogen-bond donors (Lipinski definition) is 0. The zero-order valence-corrected chi connectivity index (χ0v) is 64.7. The predicted octanol–water partition coefficient (Wildman–Crippen LogP) is 28.1. The van der Waals surface area contributed by atoms with Crippen LogP contribution in [0.5, 0.6) is 0 Å². The van der Waals surface area contributed by atoms with E-state index in [-0.39, 0.29) is 6.71 Å². The molecule has 0 atom stereocenters. The molecular formula is C113H70BN5. The van der Waals surface area contributed by atoms with Crippen molar-refractivity contribution in [2.45, 2.75) is 0 Å². The van der Waals surface area contributed by atoms with Crippen LogP contribution in [0.25, 0.3) is 188 Å². The third-order valence-electron chi connectivity index (χ3n) is 24.8. The molecule has 0 amide bonds. The molecule has 5 nitrogen and oxygen atoms in total. The second-order valence-electron chi connectivity index (χ2n) is 31.7. The minimum absolute atomic E-state index is 0.342. The van der Waals surface area contributed by atoms with Crippen LogP contribution in [-0.4, -0.2) is 21.7 Å². The summed E-state index contributed by atoms with van der Waals surface area (Å²) in [4.78, 5) is 23.2. The molecule has 550 valence electrons. The Labute approximate surface area is 689 Å². The maximum atomic E-state index is 6.04. The predicted molar refractivity (Wildman–Crippen MR) is 501 cm³/mol. The van der Waals surface area contributed by atoms with E-state index in [0.717, 1.165) is 145 Å². The number of aromatic nitrogens is 3. The third-order valence-corrected chi connectivity index (χ3v) is 24.8. The smallest absolute Gasteiger partial charge is 0.252 e. The average Bonchev–Trinajstić information content (AvgIpc) is 0.674. The Morgan fingerprint density at radius 3 is 0.689 bits per heavy atom. The normalized spacial score (nSPS) is 12.3. The number of benzene rings is 21. The average molecular weight is 1510 g/mol. The number of hydrogen-bond acceptors (Lipinski definition) is 5. The van der Waals surface area contributed by atoms with Gasteiger partial charge >= 0.3 is 0 Å². The maximum absolute atomic E-state index is 6.04. The lowest BCUT2D eigenvalue weighted by Crippen LogP contribution is -2.61. The van der Waals surface area contributed by atoms with Crippen molar-refractivity contribution in [3.63, 3.8) is 0 Å². The Morgan fingerprint density at radius 1 is 0.176 bits per heavy atom. The van der Waals surface area contributed by atoms with Gasteiger partial charge in [-0.05, 0) is 244 Å². The standard InChI is InChI=1S/C113H70BN5/c1-9-27-71(28-10-1)85-55-86(72-29-11-2-12-30-72)60-93(59-85)111-115-112(94-61-87(73-31-13-3-14-32-73)56-88(62-94)74-33-15-4-16-34-74)117-113(116-111)95-69-102-108-103(70-95)119(97-65-91(77-39-21-7-22-40-77)58-92(66-97)78-41-23-8-24-42-78)110-99-54-52-82-46-26-44-80-48-50-84(107(99)105(80)82)68-101(110)114(108)100-67-83-49-47-79-43-25-45-81-51-53-98(106(83)104(79)81)109(100)118(102)96-63-89(75-35-17-5-18-36-75)57-90(64-96)76-37-19-6-20-38-76/h1-70H. The highest BCUT2D eigenvalue weighted by molar-refractivity contribution is 7.01. The summed E-state index contributed by atoms with van der Waals surface area (Å²) < 4.78 is 0. The highest BCUT2D eigenvalue weighted by Crippen LogP contribution is 2.54. The number of anilines is 6. The summed E-state index contributed by atoms with van der Waals surface area (Å²) in [7, 11) is 0. The fourth-order valence-electron chi connectivity index (χ4n) is 19.4. The van der Waals surface area contributed by atoms with Crippen LogP contribution < -0.4 is 26.2 Å². The largest absolute Gasteiger partial charge is 0.311 e. The summed E-state index contributed by atoms with van der Waals surface area (Å²) in [5, 5.41) is 14.5. The molecule has 24 rings (SSSR count). The second-order valence-corrected chi connectivity index (χ2v) is 31.7. The molecule has 3 heterocycles. The van der Waals surface area contributed by atoms with Crippen molar-refractivity contribution in [3.05, 3.63) is 425 Å². The van der Waals surface area contributed by atoms with E-state index in [9.17, 15) is 0 Å². The number of nitrogens with zero attached hydrogens (tertiary/aromatic N) is 5. The van der Waals surface area contributed by atoms with E-state index in [1.807, 2.05) is 0 Å². The van der Waals surface area contributed by atoms with Crippen molar-refractivity contribution in [3.8, 4) is 123 Å². The van der Waals surface area contributed by atoms with E-state index in [1.54, 1.807) is 0 Å². The molecule has 22 aromatic rings. The van der Waals surface area contributed by atoms with E-state index < -0.39 is 0 Å². The molecule has 119 heavy (non-hydrogen) atoms. The molecule has 0 radical (unpaired) electrons. The van der Waals surface area contributed by atoms with E-state index in [2.05, 4.69) is 434 Å². The summed E-state index contributed by atoms with van der Waals surface area (Å²) in [6.45, 7) is -0.342. The SMILES string of the molecule is c1ccc(-c2cc(-c3ccccc3)cc(-c3nc(-c4cc(-c5ccccc5)cc(-c5ccccc5)c4)nc(-c4cc5c6c(c4)N(c4cc(-c7ccccc7)cc(-c7ccccc7)c4)c4c(cc7ccc8cccc9ccc4c7c89)B6c4cc6ccc7cccc8ccc(c4N5c4cc(-c5ccccc5)cc(-c5ccccc5)c4)c6c78)n3)c2)cc1. The van der Waals surface area contributed by atoms with Gasteiger partial charge in [-0.25, -0.2) is 15.0 Å². The Bertz CT molecular complexity index is 7050. The van der Waals surface area contributed by atoms with E-state index in [1.165, 1.54) is 75.6 Å². The maximum Gasteiger partial charge on any atom is 0.252 e. The summed E-state index contributed by atoms with van der Waals surface area (Å²) in [6.07, 6.45) is 0. The van der Waals surface area contributed by atoms with Crippen molar-refractivity contribution in [2.24, 2.45) is 0 Å². The van der Waals surface area contributed by atoms with Crippen LogP contribution in [0.4, 0.5) is 34.1 Å².